The second kappa shape index (κ2) is 6.70. The largest absolute Gasteiger partial charge is 0.271 e. The minimum absolute atomic E-state index is 0.213. The first-order valence-corrected chi connectivity index (χ1v) is 7.89. The van der Waals surface area contributed by atoms with Crippen LogP contribution in [0.2, 0.25) is 0 Å². The topological polar surface area (TPSA) is 41.5 Å². The number of fused-ring (bicyclic) bond motifs is 1. The van der Waals surface area contributed by atoms with Crippen LogP contribution in [0, 0.1) is 3.57 Å². The summed E-state index contributed by atoms with van der Waals surface area (Å²) in [5, 5.41) is 6.33. The van der Waals surface area contributed by atoms with Gasteiger partial charge < -0.3 is 0 Å². The number of amides is 1. The molecule has 108 valence electrons. The van der Waals surface area contributed by atoms with Gasteiger partial charge in [0.1, 0.15) is 0 Å². The van der Waals surface area contributed by atoms with Crippen LogP contribution in [0.25, 0.3) is 10.8 Å². The molecule has 0 saturated heterocycles. The van der Waals surface area contributed by atoms with Crippen molar-refractivity contribution < 1.29 is 4.79 Å². The van der Waals surface area contributed by atoms with Gasteiger partial charge >= 0.3 is 0 Å². The summed E-state index contributed by atoms with van der Waals surface area (Å²) in [6.45, 7) is 0. The molecular formula is C18H13IN2O. The highest BCUT2D eigenvalue weighted by Crippen LogP contribution is 2.16. The van der Waals surface area contributed by atoms with Crippen molar-refractivity contribution in [3.8, 4) is 0 Å². The van der Waals surface area contributed by atoms with Crippen LogP contribution < -0.4 is 5.43 Å². The maximum absolute atomic E-state index is 12.0. The molecule has 0 aliphatic carbocycles. The zero-order valence-corrected chi connectivity index (χ0v) is 13.8. The monoisotopic (exact) mass is 400 g/mol. The minimum Gasteiger partial charge on any atom is -0.267 e. The molecule has 3 nitrogen and oxygen atoms in total. The third-order valence-electron chi connectivity index (χ3n) is 3.28. The van der Waals surface area contributed by atoms with Gasteiger partial charge in [-0.3, -0.25) is 4.79 Å². The van der Waals surface area contributed by atoms with Crippen molar-refractivity contribution in [2.45, 2.75) is 0 Å². The fraction of sp³-hybridized carbons (Fsp3) is 0. The summed E-state index contributed by atoms with van der Waals surface area (Å²) in [5.74, 6) is -0.213. The second-order valence-corrected chi connectivity index (χ2v) is 6.02. The lowest BCUT2D eigenvalue weighted by Crippen LogP contribution is -2.17. The predicted molar refractivity (Wildman–Crippen MR) is 98.2 cm³/mol. The maximum atomic E-state index is 12.0. The molecule has 0 atom stereocenters. The molecule has 0 aliphatic rings. The van der Waals surface area contributed by atoms with E-state index < -0.39 is 0 Å². The second-order valence-electron chi connectivity index (χ2n) is 4.78. The van der Waals surface area contributed by atoms with Crippen molar-refractivity contribution in [3.63, 3.8) is 0 Å². The standard InChI is InChI=1S/C18H13IN2O/c19-16-9-4-7-14(11-16)18(22)21-20-12-15-8-3-6-13-5-1-2-10-17(13)15/h1-12H,(H,21,22)/b20-12+. The number of carbonyl (C=O) groups is 1. The molecule has 22 heavy (non-hydrogen) atoms. The zero-order chi connectivity index (χ0) is 15.4. The van der Waals surface area contributed by atoms with Gasteiger partial charge in [-0.1, -0.05) is 48.5 Å². The van der Waals surface area contributed by atoms with E-state index >= 15 is 0 Å². The summed E-state index contributed by atoms with van der Waals surface area (Å²) < 4.78 is 1.02. The Morgan fingerprint density at radius 2 is 1.77 bits per heavy atom. The van der Waals surface area contributed by atoms with E-state index in [9.17, 15) is 4.79 Å². The molecule has 3 rings (SSSR count). The van der Waals surface area contributed by atoms with Crippen molar-refractivity contribution in [2.24, 2.45) is 5.10 Å². The van der Waals surface area contributed by atoms with Gasteiger partial charge in [0.25, 0.3) is 5.91 Å². The zero-order valence-electron chi connectivity index (χ0n) is 11.7. The van der Waals surface area contributed by atoms with Gasteiger partial charge in [0, 0.05) is 14.7 Å². The minimum atomic E-state index is -0.213. The molecule has 0 heterocycles. The van der Waals surface area contributed by atoms with E-state index in [1.165, 1.54) is 0 Å². The molecule has 0 saturated carbocycles. The summed E-state index contributed by atoms with van der Waals surface area (Å²) in [6, 6.07) is 21.5. The number of nitrogens with one attached hydrogen (secondary N) is 1. The van der Waals surface area contributed by atoms with E-state index in [0.717, 1.165) is 19.9 Å². The fourth-order valence-corrected chi connectivity index (χ4v) is 2.76. The average Bonchev–Trinajstić information content (AvgIpc) is 2.55. The van der Waals surface area contributed by atoms with Crippen LogP contribution in [0.4, 0.5) is 0 Å². The lowest BCUT2D eigenvalue weighted by atomic mass is 10.1. The fourth-order valence-electron chi connectivity index (χ4n) is 2.22. The molecule has 0 aromatic heterocycles. The van der Waals surface area contributed by atoms with Crippen LogP contribution in [0.1, 0.15) is 15.9 Å². The molecule has 0 fully saturated rings. The van der Waals surface area contributed by atoms with Crippen LogP contribution in [-0.4, -0.2) is 12.1 Å². The van der Waals surface area contributed by atoms with Crippen LogP contribution in [0.3, 0.4) is 0 Å². The maximum Gasteiger partial charge on any atom is 0.271 e. The number of hydrogen-bond donors (Lipinski definition) is 1. The number of hydrogen-bond acceptors (Lipinski definition) is 2. The molecule has 3 aromatic rings. The Hall–Kier alpha value is -2.21. The Morgan fingerprint density at radius 3 is 2.64 bits per heavy atom. The number of hydrazone groups is 1. The highest BCUT2D eigenvalue weighted by atomic mass is 127. The summed E-state index contributed by atoms with van der Waals surface area (Å²) in [5.41, 5.74) is 4.14. The first kappa shape index (κ1) is 14.7. The molecule has 0 spiro atoms. The van der Waals surface area contributed by atoms with Gasteiger partial charge in [0.15, 0.2) is 0 Å². The Kier molecular flexibility index (Phi) is 4.48. The smallest absolute Gasteiger partial charge is 0.267 e. The van der Waals surface area contributed by atoms with Crippen LogP contribution >= 0.6 is 22.6 Å². The molecule has 4 heteroatoms. The average molecular weight is 400 g/mol. The first-order chi connectivity index (χ1) is 10.7. The van der Waals surface area contributed by atoms with E-state index in [-0.39, 0.29) is 5.91 Å². The van der Waals surface area contributed by atoms with Crippen LogP contribution in [-0.2, 0) is 0 Å². The first-order valence-electron chi connectivity index (χ1n) is 6.81. The summed E-state index contributed by atoms with van der Waals surface area (Å²) in [7, 11) is 0. The number of halogens is 1. The molecule has 1 amide bonds. The molecule has 0 unspecified atom stereocenters. The third kappa shape index (κ3) is 3.33. The van der Waals surface area contributed by atoms with Gasteiger partial charge in [0.05, 0.1) is 6.21 Å². The van der Waals surface area contributed by atoms with Gasteiger partial charge in [-0.2, -0.15) is 5.10 Å². The predicted octanol–water partition coefficient (Wildman–Crippen LogP) is 4.21. The number of nitrogens with zero attached hydrogens (tertiary/aromatic N) is 1. The van der Waals surface area contributed by atoms with E-state index in [2.05, 4.69) is 45.3 Å². The van der Waals surface area contributed by atoms with Crippen molar-refractivity contribution in [3.05, 3.63) is 81.4 Å². The van der Waals surface area contributed by atoms with Crippen molar-refractivity contribution in [2.75, 3.05) is 0 Å². The Morgan fingerprint density at radius 1 is 1.00 bits per heavy atom. The highest BCUT2D eigenvalue weighted by molar-refractivity contribution is 14.1. The summed E-state index contributed by atoms with van der Waals surface area (Å²) >= 11 is 2.18. The highest BCUT2D eigenvalue weighted by Gasteiger charge is 2.04. The van der Waals surface area contributed by atoms with Crippen molar-refractivity contribution in [1.82, 2.24) is 5.43 Å². The van der Waals surface area contributed by atoms with E-state index in [1.807, 2.05) is 48.5 Å². The van der Waals surface area contributed by atoms with Gasteiger partial charge in [-0.05, 0) is 51.6 Å². The molecule has 0 bridgehead atoms. The molecule has 3 aromatic carbocycles. The lowest BCUT2D eigenvalue weighted by Gasteiger charge is -2.02. The normalized spacial score (nSPS) is 11.0. The summed E-state index contributed by atoms with van der Waals surface area (Å²) in [6.07, 6.45) is 1.67. The van der Waals surface area contributed by atoms with Crippen LogP contribution in [0.15, 0.2) is 71.8 Å². The van der Waals surface area contributed by atoms with E-state index in [4.69, 9.17) is 0 Å². The van der Waals surface area contributed by atoms with Crippen molar-refractivity contribution in [1.29, 1.82) is 0 Å². The SMILES string of the molecule is O=C(N/N=C/c1cccc2ccccc12)c1cccc(I)c1. The molecule has 0 aliphatic heterocycles. The Balaban J connectivity index is 1.78. The lowest BCUT2D eigenvalue weighted by molar-refractivity contribution is 0.0955. The van der Waals surface area contributed by atoms with E-state index in [0.29, 0.717) is 5.56 Å². The molecular weight excluding hydrogens is 387 g/mol. The Labute approximate surface area is 142 Å². The van der Waals surface area contributed by atoms with E-state index in [1.54, 1.807) is 12.3 Å². The van der Waals surface area contributed by atoms with Gasteiger partial charge in [0.2, 0.25) is 0 Å². The Bertz CT molecular complexity index is 853. The van der Waals surface area contributed by atoms with Crippen LogP contribution in [0.5, 0.6) is 0 Å². The van der Waals surface area contributed by atoms with Gasteiger partial charge in [-0.25, -0.2) is 5.43 Å². The molecule has 0 radical (unpaired) electrons. The van der Waals surface area contributed by atoms with Gasteiger partial charge in [-0.15, -0.1) is 0 Å². The summed E-state index contributed by atoms with van der Waals surface area (Å²) in [4.78, 5) is 12.0. The molecule has 1 N–H and O–H groups in total. The van der Waals surface area contributed by atoms with Crippen molar-refractivity contribution >= 4 is 45.5 Å². The quantitative estimate of drug-likeness (QED) is 0.400. The number of carbonyl (C=O) groups excluding carboxylic acids is 1. The third-order valence-corrected chi connectivity index (χ3v) is 3.95. The number of benzene rings is 3. The number of rotatable bonds is 3.